The van der Waals surface area contributed by atoms with Gasteiger partial charge in [0, 0.05) is 19.4 Å². The first-order valence-corrected chi connectivity index (χ1v) is 7.98. The molecular weight excluding hydrogens is 277 g/mol. The number of hydrogen-bond acceptors (Lipinski definition) is 3. The van der Waals surface area contributed by atoms with Crippen LogP contribution < -0.4 is 5.32 Å². The summed E-state index contributed by atoms with van der Waals surface area (Å²) in [6.07, 6.45) is 4.11. The third-order valence-corrected chi connectivity index (χ3v) is 3.63. The number of aromatic nitrogens is 2. The zero-order valence-corrected chi connectivity index (χ0v) is 12.2. The quantitative estimate of drug-likeness (QED) is 0.772. The summed E-state index contributed by atoms with van der Waals surface area (Å²) in [6.45, 7) is 0.542. The van der Waals surface area contributed by atoms with E-state index in [1.165, 1.54) is 12.1 Å². The summed E-state index contributed by atoms with van der Waals surface area (Å²) in [5.41, 5.74) is 1.43. The van der Waals surface area contributed by atoms with E-state index in [-0.39, 0.29) is 11.7 Å². The number of benzene rings is 1. The summed E-state index contributed by atoms with van der Waals surface area (Å²) in [6, 6.07) is 4.46. The predicted octanol–water partition coefficient (Wildman–Crippen LogP) is 2.50. The van der Waals surface area contributed by atoms with Crippen LogP contribution in [-0.2, 0) is 11.2 Å². The summed E-state index contributed by atoms with van der Waals surface area (Å²) in [7, 11) is 0. The van der Waals surface area contributed by atoms with Gasteiger partial charge in [-0.25, -0.2) is 9.37 Å². The number of aromatic amines is 1. The number of H-pyrrole nitrogens is 1. The predicted molar refractivity (Wildman–Crippen MR) is 80.4 cm³/mol. The molecule has 1 heterocycles. The van der Waals surface area contributed by atoms with Crippen molar-refractivity contribution in [2.45, 2.75) is 19.3 Å². The third kappa shape index (κ3) is 4.23. The number of amides is 1. The highest BCUT2D eigenvalue weighted by atomic mass is 32.2. The summed E-state index contributed by atoms with van der Waals surface area (Å²) >= 11 is 1.74. The number of hydrogen-bond donors (Lipinski definition) is 2. The molecular formula is C14H18FN3OS. The first-order valence-electron chi connectivity index (χ1n) is 6.59. The Labute approximate surface area is 121 Å². The second-order valence-corrected chi connectivity index (χ2v) is 5.53. The van der Waals surface area contributed by atoms with Crippen LogP contribution in [0.5, 0.6) is 0 Å². The molecule has 0 spiro atoms. The molecule has 0 atom stereocenters. The van der Waals surface area contributed by atoms with Crippen LogP contribution in [0.3, 0.4) is 0 Å². The van der Waals surface area contributed by atoms with E-state index in [0.29, 0.717) is 24.9 Å². The van der Waals surface area contributed by atoms with Crippen molar-refractivity contribution in [3.63, 3.8) is 0 Å². The van der Waals surface area contributed by atoms with Crippen molar-refractivity contribution in [1.29, 1.82) is 0 Å². The van der Waals surface area contributed by atoms with Gasteiger partial charge in [-0.05, 0) is 36.6 Å². The van der Waals surface area contributed by atoms with Crippen LogP contribution in [0.2, 0.25) is 0 Å². The lowest BCUT2D eigenvalue weighted by molar-refractivity contribution is -0.121. The maximum absolute atomic E-state index is 13.0. The number of imidazole rings is 1. The highest BCUT2D eigenvalue weighted by Crippen LogP contribution is 2.12. The number of nitrogens with one attached hydrogen (secondary N) is 2. The molecule has 0 saturated carbocycles. The molecule has 0 aliphatic heterocycles. The number of thioether (sulfide) groups is 1. The molecule has 1 aromatic carbocycles. The van der Waals surface area contributed by atoms with Gasteiger partial charge < -0.3 is 10.3 Å². The number of fused-ring (bicyclic) bond motifs is 1. The van der Waals surface area contributed by atoms with Crippen molar-refractivity contribution in [3.8, 4) is 0 Å². The normalized spacial score (nSPS) is 10.9. The maximum atomic E-state index is 13.0. The van der Waals surface area contributed by atoms with Crippen molar-refractivity contribution in [1.82, 2.24) is 15.3 Å². The molecule has 0 bridgehead atoms. The molecule has 2 aromatic rings. The van der Waals surface area contributed by atoms with E-state index in [0.717, 1.165) is 23.5 Å². The van der Waals surface area contributed by atoms with Gasteiger partial charge in [0.2, 0.25) is 5.91 Å². The fourth-order valence-electron chi connectivity index (χ4n) is 1.94. The Morgan fingerprint density at radius 3 is 3.15 bits per heavy atom. The minimum atomic E-state index is -0.283. The SMILES string of the molecule is CSCCCC(=O)NCCc1nc2ccc(F)cc2[nH]1. The van der Waals surface area contributed by atoms with Crippen molar-refractivity contribution in [3.05, 3.63) is 29.8 Å². The second-order valence-electron chi connectivity index (χ2n) is 4.54. The highest BCUT2D eigenvalue weighted by Gasteiger charge is 2.05. The van der Waals surface area contributed by atoms with Crippen LogP contribution in [0.1, 0.15) is 18.7 Å². The summed E-state index contributed by atoms with van der Waals surface area (Å²) in [4.78, 5) is 18.9. The molecule has 0 unspecified atom stereocenters. The minimum Gasteiger partial charge on any atom is -0.356 e. The second kappa shape index (κ2) is 7.28. The molecule has 4 nitrogen and oxygen atoms in total. The molecule has 2 rings (SSSR count). The lowest BCUT2D eigenvalue weighted by Gasteiger charge is -2.03. The van der Waals surface area contributed by atoms with E-state index in [1.807, 2.05) is 6.26 Å². The number of nitrogens with zero attached hydrogens (tertiary/aromatic N) is 1. The summed E-state index contributed by atoms with van der Waals surface area (Å²) < 4.78 is 13.0. The van der Waals surface area contributed by atoms with E-state index in [2.05, 4.69) is 15.3 Å². The van der Waals surface area contributed by atoms with Crippen molar-refractivity contribution in [2.24, 2.45) is 0 Å². The zero-order valence-electron chi connectivity index (χ0n) is 11.4. The Hall–Kier alpha value is -1.56. The molecule has 6 heteroatoms. The van der Waals surface area contributed by atoms with Crippen LogP contribution in [-0.4, -0.2) is 34.4 Å². The van der Waals surface area contributed by atoms with Gasteiger partial charge in [-0.15, -0.1) is 0 Å². The molecule has 1 aromatic heterocycles. The average molecular weight is 295 g/mol. The van der Waals surface area contributed by atoms with Crippen LogP contribution in [0.15, 0.2) is 18.2 Å². The van der Waals surface area contributed by atoms with Crippen LogP contribution in [0.4, 0.5) is 4.39 Å². The van der Waals surface area contributed by atoms with Crippen LogP contribution in [0, 0.1) is 5.82 Å². The minimum absolute atomic E-state index is 0.0706. The van der Waals surface area contributed by atoms with E-state index >= 15 is 0 Å². The first-order chi connectivity index (χ1) is 9.69. The standard InChI is InChI=1S/C14H18FN3OS/c1-20-8-2-3-14(19)16-7-6-13-17-11-5-4-10(15)9-12(11)18-13/h4-5,9H,2-3,6-8H2,1H3,(H,16,19)(H,17,18). The van der Waals surface area contributed by atoms with Gasteiger partial charge in [0.05, 0.1) is 11.0 Å². The molecule has 0 radical (unpaired) electrons. The zero-order chi connectivity index (χ0) is 14.4. The highest BCUT2D eigenvalue weighted by molar-refractivity contribution is 7.98. The first kappa shape index (κ1) is 14.8. The largest absolute Gasteiger partial charge is 0.356 e. The monoisotopic (exact) mass is 295 g/mol. The average Bonchev–Trinajstić information content (AvgIpc) is 2.81. The third-order valence-electron chi connectivity index (χ3n) is 2.93. The van der Waals surface area contributed by atoms with Crippen LogP contribution >= 0.6 is 11.8 Å². The molecule has 0 saturated heterocycles. The number of carbonyl (C=O) groups is 1. The van der Waals surface area contributed by atoms with E-state index in [9.17, 15) is 9.18 Å². The molecule has 108 valence electrons. The molecule has 20 heavy (non-hydrogen) atoms. The summed E-state index contributed by atoms with van der Waals surface area (Å²) in [5.74, 6) is 1.55. The lowest BCUT2D eigenvalue weighted by Crippen LogP contribution is -2.25. The van der Waals surface area contributed by atoms with Gasteiger partial charge in [-0.2, -0.15) is 11.8 Å². The van der Waals surface area contributed by atoms with Crippen molar-refractivity contribution in [2.75, 3.05) is 18.6 Å². The fourth-order valence-corrected chi connectivity index (χ4v) is 2.37. The number of halogens is 1. The number of carbonyl (C=O) groups excluding carboxylic acids is 1. The molecule has 0 fully saturated rings. The Balaban J connectivity index is 1.79. The molecule has 2 N–H and O–H groups in total. The van der Waals surface area contributed by atoms with Crippen molar-refractivity contribution >= 4 is 28.7 Å². The van der Waals surface area contributed by atoms with Gasteiger partial charge in [0.1, 0.15) is 11.6 Å². The van der Waals surface area contributed by atoms with Gasteiger partial charge in [0.25, 0.3) is 0 Å². The van der Waals surface area contributed by atoms with Gasteiger partial charge in [-0.1, -0.05) is 0 Å². The maximum Gasteiger partial charge on any atom is 0.220 e. The molecule has 1 amide bonds. The van der Waals surface area contributed by atoms with Crippen LogP contribution in [0.25, 0.3) is 11.0 Å². The lowest BCUT2D eigenvalue weighted by atomic mass is 10.3. The smallest absolute Gasteiger partial charge is 0.220 e. The topological polar surface area (TPSA) is 57.8 Å². The van der Waals surface area contributed by atoms with E-state index in [1.54, 1.807) is 17.8 Å². The van der Waals surface area contributed by atoms with E-state index in [4.69, 9.17) is 0 Å². The van der Waals surface area contributed by atoms with Crippen molar-refractivity contribution < 1.29 is 9.18 Å². The molecule has 0 aliphatic rings. The Morgan fingerprint density at radius 2 is 2.35 bits per heavy atom. The number of rotatable bonds is 7. The fraction of sp³-hybridized carbons (Fsp3) is 0.429. The van der Waals surface area contributed by atoms with E-state index < -0.39 is 0 Å². The Kier molecular flexibility index (Phi) is 5.40. The Morgan fingerprint density at radius 1 is 1.50 bits per heavy atom. The van der Waals surface area contributed by atoms with Gasteiger partial charge >= 0.3 is 0 Å². The van der Waals surface area contributed by atoms with Gasteiger partial charge in [-0.3, -0.25) is 4.79 Å². The van der Waals surface area contributed by atoms with Gasteiger partial charge in [0.15, 0.2) is 0 Å². The summed E-state index contributed by atoms with van der Waals surface area (Å²) in [5, 5.41) is 2.86. The Bertz CT molecular complexity index is 585. The molecule has 0 aliphatic carbocycles.